The van der Waals surface area contributed by atoms with Gasteiger partial charge in [-0.2, -0.15) is 0 Å². The third kappa shape index (κ3) is 4.22. The lowest BCUT2D eigenvalue weighted by atomic mass is 9.75. The molecule has 3 heterocycles. The van der Waals surface area contributed by atoms with Crippen LogP contribution in [0.4, 0.5) is 0 Å². The Bertz CT molecular complexity index is 444. The summed E-state index contributed by atoms with van der Waals surface area (Å²) in [4.78, 5) is 2.41. The number of nitrogens with zero attached hydrogens (tertiary/aromatic N) is 1. The molecule has 3 aliphatic heterocycles. The summed E-state index contributed by atoms with van der Waals surface area (Å²) in [6.07, 6.45) is 6.69. The van der Waals surface area contributed by atoms with E-state index in [4.69, 9.17) is 18.8 Å². The predicted octanol–water partition coefficient (Wildman–Crippen LogP) is 2.79. The van der Waals surface area contributed by atoms with Crippen molar-refractivity contribution in [2.45, 2.75) is 70.9 Å². The lowest BCUT2D eigenvalue weighted by Crippen LogP contribution is -2.41. The van der Waals surface area contributed by atoms with Gasteiger partial charge in [-0.15, -0.1) is 0 Å². The van der Waals surface area contributed by atoms with Gasteiger partial charge < -0.3 is 18.8 Å². The first kappa shape index (κ1) is 18.4. The molecule has 1 unspecified atom stereocenters. The van der Waals surface area contributed by atoms with Crippen molar-refractivity contribution in [3.05, 3.63) is 11.5 Å². The number of hydrogen-bond donors (Lipinski definition) is 0. The quantitative estimate of drug-likeness (QED) is 0.722. The molecule has 24 heavy (non-hydrogen) atoms. The Kier molecular flexibility index (Phi) is 5.72. The fourth-order valence-corrected chi connectivity index (χ4v) is 3.29. The highest BCUT2D eigenvalue weighted by Gasteiger charge is 2.52. The van der Waals surface area contributed by atoms with Gasteiger partial charge in [-0.1, -0.05) is 6.08 Å². The van der Waals surface area contributed by atoms with Crippen LogP contribution >= 0.6 is 0 Å². The van der Waals surface area contributed by atoms with Crippen LogP contribution in [0.3, 0.4) is 0 Å². The molecule has 0 spiro atoms. The van der Waals surface area contributed by atoms with Gasteiger partial charge >= 0.3 is 7.12 Å². The first-order chi connectivity index (χ1) is 11.4. The van der Waals surface area contributed by atoms with E-state index in [1.165, 1.54) is 18.3 Å². The van der Waals surface area contributed by atoms with Crippen LogP contribution in [0.5, 0.6) is 0 Å². The summed E-state index contributed by atoms with van der Waals surface area (Å²) in [6.45, 7) is 12.9. The fraction of sp³-hybridized carbons (Fsp3) is 0.889. The van der Waals surface area contributed by atoms with Crippen LogP contribution in [-0.2, 0) is 18.8 Å². The van der Waals surface area contributed by atoms with Gasteiger partial charge in [0.15, 0.2) is 6.29 Å². The van der Waals surface area contributed by atoms with Crippen molar-refractivity contribution in [1.29, 1.82) is 0 Å². The molecule has 0 bridgehead atoms. The minimum atomic E-state index is -0.260. The van der Waals surface area contributed by atoms with Gasteiger partial charge in [-0.3, -0.25) is 4.90 Å². The molecule has 0 N–H and O–H groups in total. The zero-order chi connectivity index (χ0) is 17.2. The summed E-state index contributed by atoms with van der Waals surface area (Å²) < 4.78 is 23.7. The second-order valence-corrected chi connectivity index (χ2v) is 8.08. The maximum absolute atomic E-state index is 6.15. The summed E-state index contributed by atoms with van der Waals surface area (Å²) in [7, 11) is -0.191. The van der Waals surface area contributed by atoms with Gasteiger partial charge in [0.05, 0.1) is 17.8 Å². The van der Waals surface area contributed by atoms with E-state index in [1.54, 1.807) is 0 Å². The first-order valence-corrected chi connectivity index (χ1v) is 9.37. The van der Waals surface area contributed by atoms with Gasteiger partial charge in [-0.25, -0.2) is 0 Å². The number of hydrogen-bond acceptors (Lipinski definition) is 5. The van der Waals surface area contributed by atoms with Crippen molar-refractivity contribution in [1.82, 2.24) is 4.90 Å². The van der Waals surface area contributed by atoms with Gasteiger partial charge in [0.2, 0.25) is 0 Å². The molecule has 1 atom stereocenters. The van der Waals surface area contributed by atoms with Gasteiger partial charge in [-0.05, 0) is 58.9 Å². The molecule has 2 saturated heterocycles. The van der Waals surface area contributed by atoms with Crippen LogP contribution in [0.2, 0.25) is 0 Å². The van der Waals surface area contributed by atoms with Crippen LogP contribution in [0, 0.1) is 0 Å². The summed E-state index contributed by atoms with van der Waals surface area (Å²) in [5.41, 5.74) is 0.758. The lowest BCUT2D eigenvalue weighted by molar-refractivity contribution is -0.164. The van der Waals surface area contributed by atoms with Crippen molar-refractivity contribution >= 4 is 7.12 Å². The molecule has 0 aromatic heterocycles. The average Bonchev–Trinajstić information content (AvgIpc) is 2.77. The first-order valence-electron chi connectivity index (χ1n) is 9.37. The molecule has 0 saturated carbocycles. The van der Waals surface area contributed by atoms with E-state index in [2.05, 4.69) is 38.7 Å². The van der Waals surface area contributed by atoms with E-state index >= 15 is 0 Å². The maximum atomic E-state index is 6.15. The third-order valence-electron chi connectivity index (χ3n) is 5.73. The van der Waals surface area contributed by atoms with Crippen molar-refractivity contribution in [3.63, 3.8) is 0 Å². The number of ether oxygens (including phenoxy) is 2. The summed E-state index contributed by atoms with van der Waals surface area (Å²) in [5, 5.41) is 0. The zero-order valence-corrected chi connectivity index (χ0v) is 15.7. The van der Waals surface area contributed by atoms with Gasteiger partial charge in [0, 0.05) is 26.2 Å². The normalized spacial score (nSPS) is 30.4. The van der Waals surface area contributed by atoms with E-state index < -0.39 is 0 Å². The smallest absolute Gasteiger partial charge is 0.400 e. The molecule has 0 aromatic rings. The molecule has 0 aromatic carbocycles. The summed E-state index contributed by atoms with van der Waals surface area (Å²) >= 11 is 0. The van der Waals surface area contributed by atoms with E-state index in [9.17, 15) is 0 Å². The van der Waals surface area contributed by atoms with Gasteiger partial charge in [0.1, 0.15) is 0 Å². The third-order valence-corrected chi connectivity index (χ3v) is 5.73. The van der Waals surface area contributed by atoms with Crippen LogP contribution in [0.15, 0.2) is 11.5 Å². The molecule has 3 aliphatic rings. The summed E-state index contributed by atoms with van der Waals surface area (Å²) in [5.74, 6) is 0. The lowest BCUT2D eigenvalue weighted by Gasteiger charge is -2.32. The van der Waals surface area contributed by atoms with E-state index in [0.29, 0.717) is 0 Å². The standard InChI is InChI=1S/C18H32BNO4/c1-17(2)18(3,4)24-19(23-17)15-8-10-20(11-9-15)12-14-22-16-7-5-6-13-21-16/h8,16H,5-7,9-14H2,1-4H3. The van der Waals surface area contributed by atoms with Gasteiger partial charge in [0.25, 0.3) is 0 Å². The van der Waals surface area contributed by atoms with Crippen molar-refractivity contribution < 1.29 is 18.8 Å². The van der Waals surface area contributed by atoms with Crippen LogP contribution < -0.4 is 0 Å². The highest BCUT2D eigenvalue weighted by molar-refractivity contribution is 6.54. The van der Waals surface area contributed by atoms with Crippen molar-refractivity contribution in [2.75, 3.05) is 32.8 Å². The second-order valence-electron chi connectivity index (χ2n) is 8.08. The Labute approximate surface area is 146 Å². The SMILES string of the molecule is CC1(C)OB(C2=CCN(CCOC3CCCCO3)CC2)OC1(C)C. The van der Waals surface area contributed by atoms with Crippen molar-refractivity contribution in [3.8, 4) is 0 Å². The minimum Gasteiger partial charge on any atom is -0.400 e. The monoisotopic (exact) mass is 337 g/mol. The molecule has 5 nitrogen and oxygen atoms in total. The Morgan fingerprint density at radius 3 is 2.54 bits per heavy atom. The largest absolute Gasteiger partial charge is 0.490 e. The second kappa shape index (κ2) is 7.46. The molecule has 0 aliphatic carbocycles. The minimum absolute atomic E-state index is 0.0133. The maximum Gasteiger partial charge on any atom is 0.490 e. The molecular weight excluding hydrogens is 305 g/mol. The van der Waals surface area contributed by atoms with Crippen molar-refractivity contribution in [2.24, 2.45) is 0 Å². The molecule has 3 rings (SSSR count). The van der Waals surface area contributed by atoms with Crippen LogP contribution in [0.25, 0.3) is 0 Å². The van der Waals surface area contributed by atoms with Crippen LogP contribution in [0.1, 0.15) is 53.4 Å². The molecular formula is C18H32BNO4. The molecule has 6 heteroatoms. The zero-order valence-electron chi connectivity index (χ0n) is 15.7. The fourth-order valence-electron chi connectivity index (χ4n) is 3.29. The number of rotatable bonds is 5. The Morgan fingerprint density at radius 1 is 1.21 bits per heavy atom. The topological polar surface area (TPSA) is 40.2 Å². The Morgan fingerprint density at radius 2 is 1.96 bits per heavy atom. The summed E-state index contributed by atoms with van der Waals surface area (Å²) in [6, 6.07) is 0. The van der Waals surface area contributed by atoms with E-state index in [0.717, 1.165) is 45.7 Å². The van der Waals surface area contributed by atoms with E-state index in [-0.39, 0.29) is 24.6 Å². The predicted molar refractivity (Wildman–Crippen MR) is 94.8 cm³/mol. The van der Waals surface area contributed by atoms with E-state index in [1.807, 2.05) is 0 Å². The van der Waals surface area contributed by atoms with Crippen LogP contribution in [-0.4, -0.2) is 62.4 Å². The molecule has 2 fully saturated rings. The molecule has 136 valence electrons. The molecule has 0 radical (unpaired) electrons. The average molecular weight is 337 g/mol. The highest BCUT2D eigenvalue weighted by Crippen LogP contribution is 2.39. The highest BCUT2D eigenvalue weighted by atomic mass is 16.7. The Hall–Kier alpha value is -0.395. The Balaban J connectivity index is 1.41. The molecule has 0 amide bonds.